The Labute approximate surface area is 167 Å². The van der Waals surface area contributed by atoms with Crippen LogP contribution in [-0.2, 0) is 0 Å². The molecule has 0 unspecified atom stereocenters. The molecule has 4 aromatic rings. The molecule has 5 nitrogen and oxygen atoms in total. The first-order valence-electron chi connectivity index (χ1n) is 9.14. The van der Waals surface area contributed by atoms with Crippen LogP contribution in [0.1, 0.15) is 21.5 Å². The van der Waals surface area contributed by atoms with E-state index in [1.807, 2.05) is 37.3 Å². The van der Waals surface area contributed by atoms with E-state index in [0.29, 0.717) is 27.9 Å². The standard InChI is InChI=1S/C24H18N2O3/c1-16-6-2-3-7-19(16)15-25-26-24(28)18-12-10-17(11-13-18)23-14-21(27)20-8-4-5-9-22(20)29-23/h2-15H,1H3,(H,26,28)/b25-15+. The minimum Gasteiger partial charge on any atom is -0.456 e. The van der Waals surface area contributed by atoms with Gasteiger partial charge in [0.25, 0.3) is 5.91 Å². The average Bonchev–Trinajstić information content (AvgIpc) is 2.75. The molecule has 29 heavy (non-hydrogen) atoms. The Kier molecular flexibility index (Phi) is 5.03. The zero-order chi connectivity index (χ0) is 20.2. The van der Waals surface area contributed by atoms with Crippen LogP contribution >= 0.6 is 0 Å². The van der Waals surface area contributed by atoms with Crippen LogP contribution in [-0.4, -0.2) is 12.1 Å². The third-order valence-corrected chi connectivity index (χ3v) is 4.62. The molecule has 0 atom stereocenters. The monoisotopic (exact) mass is 382 g/mol. The van der Waals surface area contributed by atoms with E-state index in [-0.39, 0.29) is 11.3 Å². The Morgan fingerprint density at radius 3 is 2.48 bits per heavy atom. The number of benzene rings is 3. The molecule has 1 aromatic heterocycles. The summed E-state index contributed by atoms with van der Waals surface area (Å²) in [7, 11) is 0. The summed E-state index contributed by atoms with van der Waals surface area (Å²) in [5, 5.41) is 4.56. The molecule has 0 aliphatic heterocycles. The number of nitrogens with one attached hydrogen (secondary N) is 1. The fraction of sp³-hybridized carbons (Fsp3) is 0.0417. The molecular weight excluding hydrogens is 364 g/mol. The summed E-state index contributed by atoms with van der Waals surface area (Å²) < 4.78 is 5.83. The van der Waals surface area contributed by atoms with Gasteiger partial charge in [-0.2, -0.15) is 5.10 Å². The number of hydrogen-bond acceptors (Lipinski definition) is 4. The van der Waals surface area contributed by atoms with Gasteiger partial charge in [-0.3, -0.25) is 9.59 Å². The highest BCUT2D eigenvalue weighted by Crippen LogP contribution is 2.22. The van der Waals surface area contributed by atoms with Gasteiger partial charge in [-0.25, -0.2) is 5.43 Å². The summed E-state index contributed by atoms with van der Waals surface area (Å²) in [5.74, 6) is 0.139. The van der Waals surface area contributed by atoms with Gasteiger partial charge in [0.05, 0.1) is 11.6 Å². The van der Waals surface area contributed by atoms with Gasteiger partial charge in [-0.15, -0.1) is 0 Å². The molecule has 0 saturated heterocycles. The van der Waals surface area contributed by atoms with E-state index in [4.69, 9.17) is 4.42 Å². The molecule has 1 amide bonds. The predicted octanol–water partition coefficient (Wildman–Crippen LogP) is 4.53. The molecule has 0 aliphatic carbocycles. The zero-order valence-electron chi connectivity index (χ0n) is 15.8. The van der Waals surface area contributed by atoms with E-state index in [1.165, 1.54) is 6.07 Å². The van der Waals surface area contributed by atoms with Gasteiger partial charge in [0.1, 0.15) is 11.3 Å². The lowest BCUT2D eigenvalue weighted by atomic mass is 10.1. The maximum absolute atomic E-state index is 12.3. The van der Waals surface area contributed by atoms with E-state index < -0.39 is 0 Å². The first kappa shape index (κ1) is 18.4. The zero-order valence-corrected chi connectivity index (χ0v) is 15.8. The fourth-order valence-corrected chi connectivity index (χ4v) is 2.99. The van der Waals surface area contributed by atoms with E-state index in [2.05, 4.69) is 10.5 Å². The summed E-state index contributed by atoms with van der Waals surface area (Å²) in [6.07, 6.45) is 1.62. The molecule has 3 aromatic carbocycles. The number of carbonyl (C=O) groups is 1. The highest BCUT2D eigenvalue weighted by atomic mass is 16.3. The summed E-state index contributed by atoms with van der Waals surface area (Å²) in [6, 6.07) is 23.2. The number of aryl methyl sites for hydroxylation is 1. The number of fused-ring (bicyclic) bond motifs is 1. The number of hydrogen-bond donors (Lipinski definition) is 1. The molecule has 4 rings (SSSR count). The highest BCUT2D eigenvalue weighted by Gasteiger charge is 2.09. The van der Waals surface area contributed by atoms with Crippen molar-refractivity contribution in [2.75, 3.05) is 0 Å². The first-order chi connectivity index (χ1) is 14.1. The third-order valence-electron chi connectivity index (χ3n) is 4.62. The van der Waals surface area contributed by atoms with Crippen molar-refractivity contribution in [3.05, 3.63) is 106 Å². The van der Waals surface area contributed by atoms with Crippen molar-refractivity contribution in [3.63, 3.8) is 0 Å². The third kappa shape index (κ3) is 3.99. The summed E-state index contributed by atoms with van der Waals surface area (Å²) in [5.41, 5.74) is 6.14. The van der Waals surface area contributed by atoms with Crippen molar-refractivity contribution in [3.8, 4) is 11.3 Å². The smallest absolute Gasteiger partial charge is 0.271 e. The second-order valence-electron chi connectivity index (χ2n) is 6.60. The Balaban J connectivity index is 1.51. The summed E-state index contributed by atoms with van der Waals surface area (Å²) in [4.78, 5) is 24.6. The minimum absolute atomic E-state index is 0.103. The van der Waals surface area contributed by atoms with Gasteiger partial charge in [-0.05, 0) is 42.3 Å². The van der Waals surface area contributed by atoms with Gasteiger partial charge in [0.2, 0.25) is 0 Å². The van der Waals surface area contributed by atoms with E-state index >= 15 is 0 Å². The maximum Gasteiger partial charge on any atom is 0.271 e. The van der Waals surface area contributed by atoms with Crippen LogP contribution in [0.25, 0.3) is 22.3 Å². The highest BCUT2D eigenvalue weighted by molar-refractivity contribution is 5.95. The Bertz CT molecular complexity index is 1270. The largest absolute Gasteiger partial charge is 0.456 e. The first-order valence-corrected chi connectivity index (χ1v) is 9.14. The van der Waals surface area contributed by atoms with E-state index in [0.717, 1.165) is 11.1 Å². The predicted molar refractivity (Wildman–Crippen MR) is 114 cm³/mol. The molecule has 0 aliphatic rings. The quantitative estimate of drug-likeness (QED) is 0.416. The number of carbonyl (C=O) groups excluding carboxylic acids is 1. The molecule has 0 bridgehead atoms. The molecule has 1 heterocycles. The number of nitrogens with zero attached hydrogens (tertiary/aromatic N) is 1. The van der Waals surface area contributed by atoms with Gasteiger partial charge >= 0.3 is 0 Å². The van der Waals surface area contributed by atoms with Crippen molar-refractivity contribution in [1.29, 1.82) is 0 Å². The van der Waals surface area contributed by atoms with Crippen LogP contribution in [0.15, 0.2) is 93.2 Å². The molecular formula is C24H18N2O3. The van der Waals surface area contributed by atoms with E-state index in [1.54, 1.807) is 48.7 Å². The van der Waals surface area contributed by atoms with Crippen LogP contribution in [0.3, 0.4) is 0 Å². The topological polar surface area (TPSA) is 71.7 Å². The summed E-state index contributed by atoms with van der Waals surface area (Å²) >= 11 is 0. The Hall–Kier alpha value is -3.99. The normalized spacial score (nSPS) is 11.1. The van der Waals surface area contributed by atoms with Crippen molar-refractivity contribution >= 4 is 23.1 Å². The van der Waals surface area contributed by atoms with Gasteiger partial charge in [0, 0.05) is 17.2 Å². The minimum atomic E-state index is -0.318. The molecule has 5 heteroatoms. The lowest BCUT2D eigenvalue weighted by Gasteiger charge is -2.05. The summed E-state index contributed by atoms with van der Waals surface area (Å²) in [6.45, 7) is 1.98. The molecule has 1 N–H and O–H groups in total. The van der Waals surface area contributed by atoms with Crippen molar-refractivity contribution < 1.29 is 9.21 Å². The number of hydrazone groups is 1. The molecule has 142 valence electrons. The van der Waals surface area contributed by atoms with Gasteiger partial charge < -0.3 is 4.42 Å². The number of amides is 1. The average molecular weight is 382 g/mol. The second-order valence-corrected chi connectivity index (χ2v) is 6.60. The van der Waals surface area contributed by atoms with Crippen molar-refractivity contribution in [2.45, 2.75) is 6.92 Å². The fourth-order valence-electron chi connectivity index (χ4n) is 2.99. The SMILES string of the molecule is Cc1ccccc1/C=N/NC(=O)c1ccc(-c2cc(=O)c3ccccc3o2)cc1. The van der Waals surface area contributed by atoms with Crippen molar-refractivity contribution in [1.82, 2.24) is 5.43 Å². The molecule has 0 spiro atoms. The lowest BCUT2D eigenvalue weighted by Crippen LogP contribution is -2.17. The van der Waals surface area contributed by atoms with Crippen LogP contribution in [0, 0.1) is 6.92 Å². The Morgan fingerprint density at radius 1 is 0.966 bits per heavy atom. The number of para-hydroxylation sites is 1. The molecule has 0 radical (unpaired) electrons. The number of rotatable bonds is 4. The second kappa shape index (κ2) is 7.94. The lowest BCUT2D eigenvalue weighted by molar-refractivity contribution is 0.0955. The molecule has 0 saturated carbocycles. The van der Waals surface area contributed by atoms with Gasteiger partial charge in [0.15, 0.2) is 5.43 Å². The van der Waals surface area contributed by atoms with Crippen LogP contribution < -0.4 is 10.9 Å². The van der Waals surface area contributed by atoms with Crippen LogP contribution in [0.4, 0.5) is 0 Å². The molecule has 0 fully saturated rings. The van der Waals surface area contributed by atoms with Gasteiger partial charge in [-0.1, -0.05) is 48.5 Å². The Morgan fingerprint density at radius 2 is 1.69 bits per heavy atom. The van der Waals surface area contributed by atoms with E-state index in [9.17, 15) is 9.59 Å². The van der Waals surface area contributed by atoms with Crippen molar-refractivity contribution in [2.24, 2.45) is 5.10 Å². The maximum atomic E-state index is 12.3. The van der Waals surface area contributed by atoms with Crippen LogP contribution in [0.2, 0.25) is 0 Å². The van der Waals surface area contributed by atoms with Crippen LogP contribution in [0.5, 0.6) is 0 Å².